The molecule has 47 heavy (non-hydrogen) atoms. The monoisotopic (exact) mass is 663 g/mol. The van der Waals surface area contributed by atoms with E-state index in [1.54, 1.807) is 36.4 Å². The summed E-state index contributed by atoms with van der Waals surface area (Å²) in [5, 5.41) is 0. The Balaban J connectivity index is 2.09. The van der Waals surface area contributed by atoms with Crippen molar-refractivity contribution in [3.8, 4) is 0 Å². The van der Waals surface area contributed by atoms with Crippen molar-refractivity contribution in [1.29, 1.82) is 0 Å². The molecule has 254 valence electrons. The number of carbonyl (C=O) groups excluding carboxylic acids is 2. The molecular formula is C38H49NO7S. The van der Waals surface area contributed by atoms with Crippen molar-refractivity contribution in [2.75, 3.05) is 13.2 Å². The highest BCUT2D eigenvalue weighted by molar-refractivity contribution is 7.89. The molecule has 0 aromatic heterocycles. The van der Waals surface area contributed by atoms with Crippen molar-refractivity contribution in [2.45, 2.75) is 97.9 Å². The molecule has 0 N–H and O–H groups in total. The van der Waals surface area contributed by atoms with Gasteiger partial charge >= 0.3 is 11.9 Å². The van der Waals surface area contributed by atoms with Crippen LogP contribution in [0.3, 0.4) is 0 Å². The number of aryl methyl sites for hydroxylation is 2. The van der Waals surface area contributed by atoms with Crippen molar-refractivity contribution in [2.24, 2.45) is 10.8 Å². The minimum absolute atomic E-state index is 0.0765. The first-order valence-corrected chi connectivity index (χ1v) is 17.5. The number of carbonyl (C=O) groups is 2. The number of benzene rings is 3. The number of rotatable bonds is 9. The molecule has 1 aliphatic heterocycles. The van der Waals surface area contributed by atoms with Crippen molar-refractivity contribution in [1.82, 2.24) is 4.31 Å². The van der Waals surface area contributed by atoms with E-state index < -0.39 is 50.7 Å². The third kappa shape index (κ3) is 7.79. The number of esters is 2. The van der Waals surface area contributed by atoms with Gasteiger partial charge in [-0.25, -0.2) is 18.0 Å². The first-order valence-electron chi connectivity index (χ1n) is 16.0. The van der Waals surface area contributed by atoms with Crippen LogP contribution in [-0.4, -0.2) is 43.4 Å². The van der Waals surface area contributed by atoms with Crippen LogP contribution in [0.1, 0.15) is 101 Å². The summed E-state index contributed by atoms with van der Waals surface area (Å²) >= 11 is 0. The van der Waals surface area contributed by atoms with E-state index in [-0.39, 0.29) is 24.0 Å². The Morgan fingerprint density at radius 3 is 1.60 bits per heavy atom. The van der Waals surface area contributed by atoms with Gasteiger partial charge in [-0.3, -0.25) is 0 Å². The van der Waals surface area contributed by atoms with E-state index in [1.807, 2.05) is 79.7 Å². The third-order valence-electron chi connectivity index (χ3n) is 7.95. The van der Waals surface area contributed by atoms with Crippen LogP contribution in [0.2, 0.25) is 0 Å². The Hall–Kier alpha value is -3.53. The van der Waals surface area contributed by atoms with Crippen LogP contribution in [-0.2, 0) is 33.8 Å². The zero-order valence-corrected chi connectivity index (χ0v) is 30.1. The molecule has 0 bridgehead atoms. The van der Waals surface area contributed by atoms with Crippen LogP contribution in [0.5, 0.6) is 0 Å². The first-order chi connectivity index (χ1) is 21.8. The van der Waals surface area contributed by atoms with Gasteiger partial charge in [-0.1, -0.05) is 127 Å². The van der Waals surface area contributed by atoms with Crippen molar-refractivity contribution in [3.05, 3.63) is 101 Å². The van der Waals surface area contributed by atoms with E-state index in [2.05, 4.69) is 13.8 Å². The van der Waals surface area contributed by atoms with Crippen molar-refractivity contribution < 1.29 is 32.2 Å². The highest BCUT2D eigenvalue weighted by Crippen LogP contribution is 2.53. The molecule has 0 radical (unpaired) electrons. The van der Waals surface area contributed by atoms with E-state index in [0.29, 0.717) is 11.1 Å². The number of sulfonamides is 1. The highest BCUT2D eigenvalue weighted by atomic mass is 32.2. The van der Waals surface area contributed by atoms with Crippen molar-refractivity contribution in [3.63, 3.8) is 0 Å². The summed E-state index contributed by atoms with van der Waals surface area (Å²) in [5.41, 5.74) is 0.160. The summed E-state index contributed by atoms with van der Waals surface area (Å²) in [5.74, 6) is -1.90. The molecule has 0 amide bonds. The maximum absolute atomic E-state index is 15.0. The Labute approximate surface area is 280 Å². The van der Waals surface area contributed by atoms with Crippen LogP contribution in [0.4, 0.5) is 0 Å². The van der Waals surface area contributed by atoms with E-state index in [4.69, 9.17) is 14.2 Å². The SMILES string of the molecule is Cc1ccc([C@H]2OC(c3ccc(C(C)C)cc3)N(S(=O)(=O)c3ccc(C)cc3)C2(C(=O)OCC(C)(C)C)C(=O)OCC(C)(C)C)cc1. The van der Waals surface area contributed by atoms with Gasteiger partial charge in [-0.15, -0.1) is 4.31 Å². The molecule has 8 nitrogen and oxygen atoms in total. The number of hydrogen-bond donors (Lipinski definition) is 0. The van der Waals surface area contributed by atoms with E-state index in [0.717, 1.165) is 21.0 Å². The zero-order chi connectivity index (χ0) is 34.9. The number of hydrogen-bond acceptors (Lipinski definition) is 7. The molecular weight excluding hydrogens is 614 g/mol. The second-order valence-electron chi connectivity index (χ2n) is 15.3. The Kier molecular flexibility index (Phi) is 10.5. The standard InChI is InChI=1S/C38H49NO7S/c1-25(2)28-17-19-30(20-18-28)33-39(47(42,43)31-21-13-27(4)14-22-31)38(34(40)44-23-36(5,6)7,35(41)45-24-37(8,9)10)32(46-33)29-15-11-26(3)12-16-29/h11-22,25,32-33H,23-24H2,1-10H3/t32-,33?/m1/s1. The maximum Gasteiger partial charge on any atom is 0.342 e. The highest BCUT2D eigenvalue weighted by Gasteiger charge is 2.71. The summed E-state index contributed by atoms with van der Waals surface area (Å²) < 4.78 is 49.4. The minimum atomic E-state index is -4.63. The second-order valence-corrected chi connectivity index (χ2v) is 17.1. The minimum Gasteiger partial charge on any atom is -0.463 e. The van der Waals surface area contributed by atoms with Gasteiger partial charge < -0.3 is 14.2 Å². The van der Waals surface area contributed by atoms with Gasteiger partial charge in [0.2, 0.25) is 10.0 Å². The summed E-state index contributed by atoms with van der Waals surface area (Å²) in [6.45, 7) is 19.0. The molecule has 2 atom stereocenters. The lowest BCUT2D eigenvalue weighted by atomic mass is 9.87. The van der Waals surface area contributed by atoms with Gasteiger partial charge in [0.05, 0.1) is 18.1 Å². The van der Waals surface area contributed by atoms with Crippen LogP contribution >= 0.6 is 0 Å². The van der Waals surface area contributed by atoms with E-state index in [9.17, 15) is 18.0 Å². The zero-order valence-electron chi connectivity index (χ0n) is 29.3. The number of nitrogens with zero attached hydrogens (tertiary/aromatic N) is 1. The normalized spacial score (nSPS) is 18.7. The first kappa shape index (κ1) is 36.3. The summed E-state index contributed by atoms with van der Waals surface area (Å²) in [6.07, 6.45) is -2.78. The molecule has 0 spiro atoms. The van der Waals surface area contributed by atoms with Crippen LogP contribution < -0.4 is 0 Å². The summed E-state index contributed by atoms with van der Waals surface area (Å²) in [4.78, 5) is 29.5. The van der Waals surface area contributed by atoms with Gasteiger partial charge in [0.25, 0.3) is 5.54 Å². The molecule has 1 heterocycles. The molecule has 9 heteroatoms. The molecule has 0 saturated carbocycles. The third-order valence-corrected chi connectivity index (χ3v) is 9.81. The van der Waals surface area contributed by atoms with Gasteiger partial charge in [0.1, 0.15) is 6.10 Å². The van der Waals surface area contributed by atoms with Gasteiger partial charge in [0, 0.05) is 0 Å². The molecule has 1 saturated heterocycles. The molecule has 4 rings (SSSR count). The van der Waals surface area contributed by atoms with Crippen LogP contribution in [0.25, 0.3) is 0 Å². The van der Waals surface area contributed by atoms with Crippen LogP contribution in [0, 0.1) is 24.7 Å². The van der Waals surface area contributed by atoms with Gasteiger partial charge in [0.15, 0.2) is 6.23 Å². The fourth-order valence-corrected chi connectivity index (χ4v) is 7.06. The van der Waals surface area contributed by atoms with Crippen molar-refractivity contribution >= 4 is 22.0 Å². The quantitative estimate of drug-likeness (QED) is 0.170. The van der Waals surface area contributed by atoms with E-state index >= 15 is 0 Å². The molecule has 1 unspecified atom stereocenters. The Morgan fingerprint density at radius 2 is 1.17 bits per heavy atom. The molecule has 3 aromatic rings. The molecule has 3 aromatic carbocycles. The summed E-state index contributed by atoms with van der Waals surface area (Å²) in [7, 11) is -4.63. The van der Waals surface area contributed by atoms with Gasteiger partial charge in [-0.2, -0.15) is 0 Å². The predicted octanol–water partition coefficient (Wildman–Crippen LogP) is 7.81. The molecule has 0 aliphatic carbocycles. The lowest BCUT2D eigenvalue weighted by molar-refractivity contribution is -0.176. The van der Waals surface area contributed by atoms with Crippen LogP contribution in [0.15, 0.2) is 77.7 Å². The predicted molar refractivity (Wildman–Crippen MR) is 182 cm³/mol. The average molecular weight is 664 g/mol. The molecule has 1 aliphatic rings. The Morgan fingerprint density at radius 1 is 0.745 bits per heavy atom. The summed E-state index contributed by atoms with van der Waals surface area (Å²) in [6, 6.07) is 20.8. The lowest BCUT2D eigenvalue weighted by Crippen LogP contribution is -2.63. The maximum atomic E-state index is 15.0. The van der Waals surface area contributed by atoms with E-state index in [1.165, 1.54) is 12.1 Å². The smallest absolute Gasteiger partial charge is 0.342 e. The second kappa shape index (κ2) is 13.5. The number of ether oxygens (including phenoxy) is 3. The topological polar surface area (TPSA) is 99.2 Å². The van der Waals surface area contributed by atoms with Gasteiger partial charge in [-0.05, 0) is 59.4 Å². The Bertz CT molecular complexity index is 1630. The largest absolute Gasteiger partial charge is 0.463 e. The fourth-order valence-electron chi connectivity index (χ4n) is 5.30. The molecule has 1 fully saturated rings. The lowest BCUT2D eigenvalue weighted by Gasteiger charge is -2.37. The fraction of sp³-hybridized carbons (Fsp3) is 0.474. The average Bonchev–Trinajstić information content (AvgIpc) is 3.36.